The van der Waals surface area contributed by atoms with Gasteiger partial charge in [0.2, 0.25) is 0 Å². The van der Waals surface area contributed by atoms with E-state index in [2.05, 4.69) is 38.1 Å². The van der Waals surface area contributed by atoms with Gasteiger partial charge in [-0.15, -0.1) is 5.06 Å². The van der Waals surface area contributed by atoms with Crippen molar-refractivity contribution in [3.63, 3.8) is 0 Å². The first-order chi connectivity index (χ1) is 12.6. The van der Waals surface area contributed by atoms with Gasteiger partial charge in [-0.2, -0.15) is 0 Å². The molecule has 2 aromatic carbocycles. The third-order valence-corrected chi connectivity index (χ3v) is 5.72. The maximum absolute atomic E-state index is 13.1. The van der Waals surface area contributed by atoms with Gasteiger partial charge in [0.1, 0.15) is 0 Å². The Morgan fingerprint density at radius 1 is 1.04 bits per heavy atom. The molecule has 2 unspecified atom stereocenters. The van der Waals surface area contributed by atoms with Crippen molar-refractivity contribution < 1.29 is 9.63 Å². The van der Waals surface area contributed by atoms with Crippen LogP contribution in [0.4, 0.5) is 0 Å². The van der Waals surface area contributed by atoms with E-state index in [-0.39, 0.29) is 11.4 Å². The molecule has 0 saturated heterocycles. The third-order valence-electron chi connectivity index (χ3n) is 5.72. The standard InChI is InChI=1S/C23H29NO2/c1-3-21-15-10-16-23(21,2)22(25)26-24(17-19-11-6-4-7-12-19)18-20-13-8-5-9-14-20/h4-9,11-14,21H,3,10,15-18H2,1-2H3. The van der Waals surface area contributed by atoms with Crippen LogP contribution in [-0.2, 0) is 22.7 Å². The quantitative estimate of drug-likeness (QED) is 0.629. The highest BCUT2D eigenvalue weighted by Gasteiger charge is 2.46. The summed E-state index contributed by atoms with van der Waals surface area (Å²) < 4.78 is 0. The zero-order valence-electron chi connectivity index (χ0n) is 15.9. The van der Waals surface area contributed by atoms with Crippen LogP contribution in [0, 0.1) is 11.3 Å². The van der Waals surface area contributed by atoms with Crippen LogP contribution < -0.4 is 0 Å². The minimum absolute atomic E-state index is 0.0753. The Morgan fingerprint density at radius 3 is 2.08 bits per heavy atom. The Hall–Kier alpha value is -2.13. The molecule has 0 N–H and O–H groups in total. The van der Waals surface area contributed by atoms with Gasteiger partial charge >= 0.3 is 5.97 Å². The van der Waals surface area contributed by atoms with Crippen LogP contribution in [0.5, 0.6) is 0 Å². The van der Waals surface area contributed by atoms with Crippen molar-refractivity contribution in [2.45, 2.75) is 52.6 Å². The van der Waals surface area contributed by atoms with Gasteiger partial charge in [-0.3, -0.25) is 0 Å². The zero-order chi connectivity index (χ0) is 18.4. The number of hydrogen-bond acceptors (Lipinski definition) is 3. The molecule has 1 fully saturated rings. The van der Waals surface area contributed by atoms with Crippen molar-refractivity contribution in [1.82, 2.24) is 5.06 Å². The second-order valence-corrected chi connectivity index (χ2v) is 7.56. The Labute approximate surface area is 156 Å². The molecular weight excluding hydrogens is 322 g/mol. The highest BCUT2D eigenvalue weighted by molar-refractivity contribution is 5.77. The predicted molar refractivity (Wildman–Crippen MR) is 104 cm³/mol. The van der Waals surface area contributed by atoms with Crippen molar-refractivity contribution in [3.8, 4) is 0 Å². The molecule has 0 radical (unpaired) electrons. The summed E-state index contributed by atoms with van der Waals surface area (Å²) in [7, 11) is 0. The van der Waals surface area contributed by atoms with Crippen LogP contribution in [0.25, 0.3) is 0 Å². The normalized spacial score (nSPS) is 22.5. The van der Waals surface area contributed by atoms with E-state index >= 15 is 0 Å². The maximum Gasteiger partial charge on any atom is 0.331 e. The van der Waals surface area contributed by atoms with Gasteiger partial charge in [-0.25, -0.2) is 4.79 Å². The fourth-order valence-electron chi connectivity index (χ4n) is 4.08. The number of nitrogens with zero attached hydrogens (tertiary/aromatic N) is 1. The summed E-state index contributed by atoms with van der Waals surface area (Å²) in [6.45, 7) is 5.44. The van der Waals surface area contributed by atoms with E-state index in [1.54, 1.807) is 0 Å². The summed E-state index contributed by atoms with van der Waals surface area (Å²) in [6, 6.07) is 20.3. The average molecular weight is 351 g/mol. The smallest absolute Gasteiger partial charge is 0.331 e. The molecule has 1 aliphatic rings. The van der Waals surface area contributed by atoms with Gasteiger partial charge in [0, 0.05) is 0 Å². The first-order valence-corrected chi connectivity index (χ1v) is 9.67. The van der Waals surface area contributed by atoms with E-state index in [1.165, 1.54) is 0 Å². The molecule has 3 nitrogen and oxygen atoms in total. The second kappa shape index (κ2) is 8.50. The molecule has 3 rings (SSSR count). The number of hydroxylamine groups is 2. The summed E-state index contributed by atoms with van der Waals surface area (Å²) in [5.41, 5.74) is 1.92. The summed E-state index contributed by atoms with van der Waals surface area (Å²) in [5.74, 6) is 0.346. The van der Waals surface area contributed by atoms with E-state index in [4.69, 9.17) is 4.84 Å². The fourth-order valence-corrected chi connectivity index (χ4v) is 4.08. The highest BCUT2D eigenvalue weighted by atomic mass is 16.7. The van der Waals surface area contributed by atoms with E-state index in [1.807, 2.05) is 41.5 Å². The average Bonchev–Trinajstić information content (AvgIpc) is 3.05. The molecule has 1 aliphatic carbocycles. The first-order valence-electron chi connectivity index (χ1n) is 9.67. The number of benzene rings is 2. The lowest BCUT2D eigenvalue weighted by atomic mass is 9.78. The lowest BCUT2D eigenvalue weighted by molar-refractivity contribution is -0.210. The lowest BCUT2D eigenvalue weighted by Gasteiger charge is -2.31. The number of hydrogen-bond donors (Lipinski definition) is 0. The van der Waals surface area contributed by atoms with Crippen LogP contribution >= 0.6 is 0 Å². The first kappa shape index (κ1) is 18.7. The van der Waals surface area contributed by atoms with Gasteiger partial charge in [0.05, 0.1) is 18.5 Å². The molecule has 2 atom stereocenters. The molecule has 0 spiro atoms. The zero-order valence-corrected chi connectivity index (χ0v) is 15.9. The number of carbonyl (C=O) groups is 1. The summed E-state index contributed by atoms with van der Waals surface area (Å²) in [6.07, 6.45) is 4.19. The molecule has 138 valence electrons. The molecule has 1 saturated carbocycles. The maximum atomic E-state index is 13.1. The van der Waals surface area contributed by atoms with E-state index in [9.17, 15) is 4.79 Å². The molecule has 26 heavy (non-hydrogen) atoms. The van der Waals surface area contributed by atoms with Crippen LogP contribution in [0.3, 0.4) is 0 Å². The molecule has 2 aromatic rings. The van der Waals surface area contributed by atoms with Crippen LogP contribution in [0.2, 0.25) is 0 Å². The van der Waals surface area contributed by atoms with E-state index in [0.29, 0.717) is 19.0 Å². The van der Waals surface area contributed by atoms with Crippen LogP contribution in [0.15, 0.2) is 60.7 Å². The summed E-state index contributed by atoms with van der Waals surface area (Å²) >= 11 is 0. The molecule has 0 amide bonds. The van der Waals surface area contributed by atoms with Crippen LogP contribution in [-0.4, -0.2) is 11.0 Å². The SMILES string of the molecule is CCC1CCCC1(C)C(=O)ON(Cc1ccccc1)Cc1ccccc1. The van der Waals surface area contributed by atoms with Crippen molar-refractivity contribution >= 4 is 5.97 Å². The number of rotatable bonds is 7. The third kappa shape index (κ3) is 4.34. The van der Waals surface area contributed by atoms with Crippen molar-refractivity contribution in [2.24, 2.45) is 11.3 Å². The second-order valence-electron chi connectivity index (χ2n) is 7.56. The summed E-state index contributed by atoms with van der Waals surface area (Å²) in [4.78, 5) is 19.0. The number of carbonyl (C=O) groups excluding carboxylic acids is 1. The van der Waals surface area contributed by atoms with Gasteiger partial charge in [0.25, 0.3) is 0 Å². The van der Waals surface area contributed by atoms with E-state index in [0.717, 1.165) is 36.8 Å². The van der Waals surface area contributed by atoms with Gasteiger partial charge in [-0.1, -0.05) is 80.4 Å². The van der Waals surface area contributed by atoms with Gasteiger partial charge in [-0.05, 0) is 36.8 Å². The fraction of sp³-hybridized carbons (Fsp3) is 0.435. The molecule has 3 heteroatoms. The van der Waals surface area contributed by atoms with Crippen LogP contribution in [0.1, 0.15) is 50.7 Å². The molecule has 0 aliphatic heterocycles. The Morgan fingerprint density at radius 2 is 1.58 bits per heavy atom. The Bertz CT molecular complexity index is 659. The van der Waals surface area contributed by atoms with Crippen molar-refractivity contribution in [1.29, 1.82) is 0 Å². The molecule has 0 bridgehead atoms. The topological polar surface area (TPSA) is 29.5 Å². The Kier molecular flexibility index (Phi) is 6.10. The molecule has 0 aromatic heterocycles. The van der Waals surface area contributed by atoms with Crippen molar-refractivity contribution in [3.05, 3.63) is 71.8 Å². The van der Waals surface area contributed by atoms with E-state index < -0.39 is 0 Å². The predicted octanol–water partition coefficient (Wildman–Crippen LogP) is 5.36. The largest absolute Gasteiger partial charge is 0.367 e. The minimum atomic E-state index is -0.361. The highest BCUT2D eigenvalue weighted by Crippen LogP contribution is 2.45. The Balaban J connectivity index is 1.75. The monoisotopic (exact) mass is 351 g/mol. The van der Waals surface area contributed by atoms with Crippen molar-refractivity contribution in [2.75, 3.05) is 0 Å². The summed E-state index contributed by atoms with van der Waals surface area (Å²) in [5, 5.41) is 1.81. The lowest BCUT2D eigenvalue weighted by Crippen LogP contribution is -2.38. The molecular formula is C23H29NO2. The van der Waals surface area contributed by atoms with Gasteiger partial charge in [0.15, 0.2) is 0 Å². The van der Waals surface area contributed by atoms with Gasteiger partial charge < -0.3 is 4.84 Å². The molecule has 0 heterocycles. The minimum Gasteiger partial charge on any atom is -0.367 e.